The van der Waals surface area contributed by atoms with Gasteiger partial charge in [-0.1, -0.05) is 32.9 Å². The fourth-order valence-corrected chi connectivity index (χ4v) is 1.07. The summed E-state index contributed by atoms with van der Waals surface area (Å²) < 4.78 is 0. The molecule has 1 aromatic carbocycles. The molecule has 0 aliphatic rings. The summed E-state index contributed by atoms with van der Waals surface area (Å²) in [7, 11) is 0. The standard InChI is InChI=1S/C12H16O3/c1-12(2,3)5-4-8-6-9(13)11(15)10(14)7-8/h4-7,13-15H,1-3H3. The van der Waals surface area contributed by atoms with Crippen LogP contribution in [0.1, 0.15) is 26.3 Å². The second-order valence-corrected chi connectivity index (χ2v) is 4.61. The van der Waals surface area contributed by atoms with Gasteiger partial charge in [0.2, 0.25) is 0 Å². The SMILES string of the molecule is CC(C)(C)C=Cc1cc(O)c(O)c(O)c1. The predicted molar refractivity (Wildman–Crippen MR) is 59.9 cm³/mol. The Morgan fingerprint density at radius 3 is 1.87 bits per heavy atom. The van der Waals surface area contributed by atoms with Crippen LogP contribution in [-0.4, -0.2) is 15.3 Å². The first kappa shape index (κ1) is 11.4. The Morgan fingerprint density at radius 2 is 1.47 bits per heavy atom. The molecule has 0 aliphatic carbocycles. The van der Waals surface area contributed by atoms with E-state index < -0.39 is 5.75 Å². The number of benzene rings is 1. The van der Waals surface area contributed by atoms with Gasteiger partial charge in [-0.3, -0.25) is 0 Å². The van der Waals surface area contributed by atoms with Crippen LogP contribution in [-0.2, 0) is 0 Å². The van der Waals surface area contributed by atoms with Crippen LogP contribution in [0.15, 0.2) is 18.2 Å². The van der Waals surface area contributed by atoms with Crippen molar-refractivity contribution >= 4 is 6.08 Å². The van der Waals surface area contributed by atoms with Gasteiger partial charge in [0.15, 0.2) is 17.2 Å². The second kappa shape index (κ2) is 3.85. The molecule has 3 nitrogen and oxygen atoms in total. The third-order valence-electron chi connectivity index (χ3n) is 1.87. The van der Waals surface area contributed by atoms with Crippen molar-refractivity contribution in [3.63, 3.8) is 0 Å². The zero-order valence-corrected chi connectivity index (χ0v) is 9.15. The molecule has 0 amide bonds. The van der Waals surface area contributed by atoms with Crippen molar-refractivity contribution in [1.82, 2.24) is 0 Å². The van der Waals surface area contributed by atoms with E-state index in [0.29, 0.717) is 5.56 Å². The van der Waals surface area contributed by atoms with E-state index in [4.69, 9.17) is 5.11 Å². The summed E-state index contributed by atoms with van der Waals surface area (Å²) in [5, 5.41) is 27.7. The summed E-state index contributed by atoms with van der Waals surface area (Å²) >= 11 is 0. The van der Waals surface area contributed by atoms with Gasteiger partial charge in [-0.15, -0.1) is 0 Å². The van der Waals surface area contributed by atoms with E-state index >= 15 is 0 Å². The number of phenols is 3. The molecule has 0 bridgehead atoms. The molecule has 82 valence electrons. The number of phenolic OH excluding ortho intramolecular Hbond substituents is 3. The van der Waals surface area contributed by atoms with E-state index in [9.17, 15) is 10.2 Å². The first-order valence-corrected chi connectivity index (χ1v) is 4.74. The molecule has 15 heavy (non-hydrogen) atoms. The van der Waals surface area contributed by atoms with Crippen molar-refractivity contribution in [3.8, 4) is 17.2 Å². The number of allylic oxidation sites excluding steroid dienone is 1. The van der Waals surface area contributed by atoms with Crippen LogP contribution in [0.25, 0.3) is 6.08 Å². The van der Waals surface area contributed by atoms with Crippen LogP contribution in [0.5, 0.6) is 17.2 Å². The maximum atomic E-state index is 9.27. The average Bonchev–Trinajstić information content (AvgIpc) is 2.09. The summed E-state index contributed by atoms with van der Waals surface area (Å²) in [6.45, 7) is 6.14. The molecule has 3 N–H and O–H groups in total. The van der Waals surface area contributed by atoms with E-state index in [1.54, 1.807) is 6.08 Å². The second-order valence-electron chi connectivity index (χ2n) is 4.61. The molecule has 0 spiro atoms. The molecule has 0 saturated carbocycles. The predicted octanol–water partition coefficient (Wildman–Crippen LogP) is 2.86. The molecule has 0 aliphatic heterocycles. The topological polar surface area (TPSA) is 60.7 Å². The van der Waals surface area contributed by atoms with Crippen LogP contribution in [0.3, 0.4) is 0 Å². The normalized spacial score (nSPS) is 12.2. The van der Waals surface area contributed by atoms with Gasteiger partial charge in [0.05, 0.1) is 0 Å². The lowest BCUT2D eigenvalue weighted by molar-refractivity contribution is 0.368. The third-order valence-corrected chi connectivity index (χ3v) is 1.87. The van der Waals surface area contributed by atoms with E-state index in [0.717, 1.165) is 0 Å². The maximum absolute atomic E-state index is 9.27. The number of rotatable bonds is 1. The van der Waals surface area contributed by atoms with Crippen molar-refractivity contribution in [2.24, 2.45) is 5.41 Å². The molecule has 0 unspecified atom stereocenters. The van der Waals surface area contributed by atoms with Crippen molar-refractivity contribution in [2.75, 3.05) is 0 Å². The van der Waals surface area contributed by atoms with Gasteiger partial charge in [0.1, 0.15) is 0 Å². The summed E-state index contributed by atoms with van der Waals surface area (Å²) in [5.74, 6) is -1.12. The molecule has 0 radical (unpaired) electrons. The highest BCUT2D eigenvalue weighted by Crippen LogP contribution is 2.36. The minimum atomic E-state index is -0.483. The molecule has 3 heteroatoms. The summed E-state index contributed by atoms with van der Waals surface area (Å²) in [6.07, 6.45) is 3.75. The van der Waals surface area contributed by atoms with Gasteiger partial charge < -0.3 is 15.3 Å². The van der Waals surface area contributed by atoms with Crippen LogP contribution < -0.4 is 0 Å². The first-order chi connectivity index (χ1) is 6.79. The van der Waals surface area contributed by atoms with Crippen molar-refractivity contribution in [3.05, 3.63) is 23.8 Å². The highest BCUT2D eigenvalue weighted by molar-refractivity contribution is 5.60. The Bertz CT molecular complexity index is 363. The van der Waals surface area contributed by atoms with Crippen LogP contribution >= 0.6 is 0 Å². The fourth-order valence-electron chi connectivity index (χ4n) is 1.07. The van der Waals surface area contributed by atoms with Gasteiger partial charge in [-0.05, 0) is 23.1 Å². The highest BCUT2D eigenvalue weighted by atomic mass is 16.3. The van der Waals surface area contributed by atoms with Gasteiger partial charge in [0, 0.05) is 0 Å². The van der Waals surface area contributed by atoms with Crippen molar-refractivity contribution in [2.45, 2.75) is 20.8 Å². The Kier molecular flexibility index (Phi) is 2.93. The number of aromatic hydroxyl groups is 3. The first-order valence-electron chi connectivity index (χ1n) is 4.74. The van der Waals surface area contributed by atoms with Gasteiger partial charge in [-0.2, -0.15) is 0 Å². The van der Waals surface area contributed by atoms with E-state index in [2.05, 4.69) is 0 Å². The number of hydrogen-bond acceptors (Lipinski definition) is 3. The van der Waals surface area contributed by atoms with Crippen molar-refractivity contribution < 1.29 is 15.3 Å². The molecular weight excluding hydrogens is 192 g/mol. The molecule has 0 atom stereocenters. The van der Waals surface area contributed by atoms with E-state index in [1.165, 1.54) is 12.1 Å². The zero-order valence-electron chi connectivity index (χ0n) is 9.15. The summed E-state index contributed by atoms with van der Waals surface area (Å²) in [5.41, 5.74) is 0.682. The molecule has 1 aromatic rings. The Hall–Kier alpha value is -1.64. The van der Waals surface area contributed by atoms with Gasteiger partial charge in [-0.25, -0.2) is 0 Å². The lowest BCUT2D eigenvalue weighted by Crippen LogP contribution is -1.97. The smallest absolute Gasteiger partial charge is 0.200 e. The lowest BCUT2D eigenvalue weighted by atomic mass is 9.95. The molecule has 0 heterocycles. The van der Waals surface area contributed by atoms with Crippen LogP contribution in [0, 0.1) is 5.41 Å². The Morgan fingerprint density at radius 1 is 1.00 bits per heavy atom. The van der Waals surface area contributed by atoms with Crippen LogP contribution in [0.2, 0.25) is 0 Å². The Balaban J connectivity index is 3.03. The van der Waals surface area contributed by atoms with E-state index in [-0.39, 0.29) is 16.9 Å². The van der Waals surface area contributed by atoms with Gasteiger partial charge >= 0.3 is 0 Å². The minimum Gasteiger partial charge on any atom is -0.504 e. The Labute approximate surface area is 89.3 Å². The minimum absolute atomic E-state index is 0.0309. The highest BCUT2D eigenvalue weighted by Gasteiger charge is 2.08. The molecule has 0 fully saturated rings. The molecule has 0 aromatic heterocycles. The lowest BCUT2D eigenvalue weighted by Gasteiger charge is -2.11. The fraction of sp³-hybridized carbons (Fsp3) is 0.333. The quantitative estimate of drug-likeness (QED) is 0.622. The maximum Gasteiger partial charge on any atom is 0.200 e. The average molecular weight is 208 g/mol. The molecular formula is C12H16O3. The van der Waals surface area contributed by atoms with Gasteiger partial charge in [0.25, 0.3) is 0 Å². The zero-order chi connectivity index (χ0) is 11.6. The largest absolute Gasteiger partial charge is 0.504 e. The number of hydrogen-bond donors (Lipinski definition) is 3. The summed E-state index contributed by atoms with van der Waals surface area (Å²) in [4.78, 5) is 0. The van der Waals surface area contributed by atoms with E-state index in [1.807, 2.05) is 26.8 Å². The molecule has 0 saturated heterocycles. The summed E-state index contributed by atoms with van der Waals surface area (Å²) in [6, 6.07) is 2.80. The monoisotopic (exact) mass is 208 g/mol. The third kappa shape index (κ3) is 3.20. The van der Waals surface area contributed by atoms with Crippen LogP contribution in [0.4, 0.5) is 0 Å². The van der Waals surface area contributed by atoms with Crippen molar-refractivity contribution in [1.29, 1.82) is 0 Å². The molecule has 1 rings (SSSR count).